The van der Waals surface area contributed by atoms with Crippen LogP contribution in [0.3, 0.4) is 0 Å². The second kappa shape index (κ2) is 4.52. The molecule has 0 radical (unpaired) electrons. The summed E-state index contributed by atoms with van der Waals surface area (Å²) >= 11 is 0. The Morgan fingerprint density at radius 2 is 2.17 bits per heavy atom. The van der Waals surface area contributed by atoms with Crippen molar-refractivity contribution in [2.75, 3.05) is 13.7 Å². The minimum absolute atomic E-state index is 0.0138. The van der Waals surface area contributed by atoms with Gasteiger partial charge in [-0.25, -0.2) is 0 Å². The molecule has 0 aromatic rings. The number of allylic oxidation sites excluding steroid dienone is 2. The molecule has 1 heterocycles. The fraction of sp³-hybridized carbons (Fsp3) is 0.643. The molecular weight excluding hydrogens is 230 g/mol. The summed E-state index contributed by atoms with van der Waals surface area (Å²) in [6, 6.07) is -0.142. The van der Waals surface area contributed by atoms with Gasteiger partial charge >= 0.3 is 0 Å². The minimum atomic E-state index is -1.22. The number of nitrogens with zero attached hydrogens (tertiary/aromatic N) is 1. The van der Waals surface area contributed by atoms with Crippen LogP contribution in [0.25, 0.3) is 0 Å². The number of hydrogen-bond donors (Lipinski definition) is 1. The first kappa shape index (κ1) is 13.3. The Morgan fingerprint density at radius 1 is 1.50 bits per heavy atom. The van der Waals surface area contributed by atoms with Crippen molar-refractivity contribution in [2.45, 2.75) is 38.5 Å². The highest BCUT2D eigenvalue weighted by Gasteiger charge is 2.60. The quantitative estimate of drug-likeness (QED) is 0.823. The molecule has 100 valence electrons. The van der Waals surface area contributed by atoms with Gasteiger partial charge in [0.1, 0.15) is 0 Å². The summed E-state index contributed by atoms with van der Waals surface area (Å²) in [5.74, 6) is -0.0138. The molecule has 1 amide bonds. The number of fused-ring (bicyclic) bond motifs is 1. The number of hydrogen-bond acceptors (Lipinski definition) is 3. The van der Waals surface area contributed by atoms with Crippen molar-refractivity contribution < 1.29 is 14.6 Å². The lowest BCUT2D eigenvalue weighted by atomic mass is 9.72. The van der Waals surface area contributed by atoms with Crippen LogP contribution in [0.4, 0.5) is 0 Å². The van der Waals surface area contributed by atoms with E-state index in [1.165, 1.54) is 0 Å². The van der Waals surface area contributed by atoms with Gasteiger partial charge in [0.25, 0.3) is 0 Å². The minimum Gasteiger partial charge on any atom is -0.383 e. The number of aliphatic hydroxyl groups is 1. The lowest BCUT2D eigenvalue weighted by Crippen LogP contribution is -2.57. The van der Waals surface area contributed by atoms with E-state index in [1.54, 1.807) is 24.2 Å². The van der Waals surface area contributed by atoms with Crippen LogP contribution in [0, 0.1) is 5.41 Å². The van der Waals surface area contributed by atoms with Crippen molar-refractivity contribution >= 4 is 5.91 Å². The zero-order chi connectivity index (χ0) is 13.4. The van der Waals surface area contributed by atoms with E-state index in [2.05, 4.69) is 0 Å². The van der Waals surface area contributed by atoms with Crippen molar-refractivity contribution in [3.8, 4) is 0 Å². The maximum Gasteiger partial charge on any atom is 0.226 e. The number of carbonyl (C=O) groups excluding carboxylic acids is 1. The molecule has 18 heavy (non-hydrogen) atoms. The van der Waals surface area contributed by atoms with Crippen LogP contribution >= 0.6 is 0 Å². The lowest BCUT2D eigenvalue weighted by Gasteiger charge is -2.45. The maximum atomic E-state index is 12.3. The summed E-state index contributed by atoms with van der Waals surface area (Å²) in [4.78, 5) is 13.8. The van der Waals surface area contributed by atoms with Crippen molar-refractivity contribution in [1.82, 2.24) is 4.90 Å². The van der Waals surface area contributed by atoms with Gasteiger partial charge in [0.05, 0.1) is 12.6 Å². The molecule has 0 saturated carbocycles. The Hall–Kier alpha value is -1.13. The number of carbonyl (C=O) groups is 1. The maximum absolute atomic E-state index is 12.3. The number of likely N-dealkylation sites (tertiary alicyclic amines) is 1. The first-order valence-electron chi connectivity index (χ1n) is 6.41. The molecule has 4 nitrogen and oxygen atoms in total. The molecule has 0 aromatic heterocycles. The van der Waals surface area contributed by atoms with Gasteiger partial charge in [-0.15, -0.1) is 0 Å². The second-order valence-electron chi connectivity index (χ2n) is 5.20. The van der Waals surface area contributed by atoms with Crippen LogP contribution in [0.1, 0.15) is 26.7 Å². The molecule has 3 atom stereocenters. The Bertz CT molecular complexity index is 404. The van der Waals surface area contributed by atoms with E-state index in [0.717, 1.165) is 6.42 Å². The largest absolute Gasteiger partial charge is 0.383 e. The highest BCUT2D eigenvalue weighted by atomic mass is 16.5. The fourth-order valence-corrected chi connectivity index (χ4v) is 3.17. The van der Waals surface area contributed by atoms with Gasteiger partial charge in [0.15, 0.2) is 5.72 Å². The Balaban J connectivity index is 2.41. The van der Waals surface area contributed by atoms with E-state index in [1.807, 2.05) is 26.0 Å². The molecule has 1 aliphatic heterocycles. The van der Waals surface area contributed by atoms with Crippen LogP contribution in [0.15, 0.2) is 24.3 Å². The van der Waals surface area contributed by atoms with Crippen molar-refractivity contribution in [1.29, 1.82) is 0 Å². The van der Waals surface area contributed by atoms with E-state index < -0.39 is 11.1 Å². The molecule has 1 fully saturated rings. The van der Waals surface area contributed by atoms with E-state index >= 15 is 0 Å². The normalized spacial score (nSPS) is 36.0. The zero-order valence-electron chi connectivity index (χ0n) is 11.2. The van der Waals surface area contributed by atoms with E-state index in [4.69, 9.17) is 4.74 Å². The van der Waals surface area contributed by atoms with Gasteiger partial charge in [-0.3, -0.25) is 4.79 Å². The van der Waals surface area contributed by atoms with Crippen LogP contribution in [0.2, 0.25) is 0 Å². The van der Waals surface area contributed by atoms with E-state index in [0.29, 0.717) is 13.0 Å². The Morgan fingerprint density at radius 3 is 2.78 bits per heavy atom. The van der Waals surface area contributed by atoms with Crippen molar-refractivity contribution in [2.24, 2.45) is 5.41 Å². The summed E-state index contributed by atoms with van der Waals surface area (Å²) in [7, 11) is 1.60. The number of rotatable bonds is 4. The lowest BCUT2D eigenvalue weighted by molar-refractivity contribution is -0.153. The molecule has 3 unspecified atom stereocenters. The molecule has 1 N–H and O–H groups in total. The monoisotopic (exact) mass is 251 g/mol. The number of methoxy groups -OCH3 is 1. The van der Waals surface area contributed by atoms with Gasteiger partial charge in [0, 0.05) is 18.9 Å². The number of amides is 1. The predicted molar refractivity (Wildman–Crippen MR) is 68.8 cm³/mol. The summed E-state index contributed by atoms with van der Waals surface area (Å²) in [6.45, 7) is 4.33. The van der Waals surface area contributed by atoms with Gasteiger partial charge < -0.3 is 14.7 Å². The molecule has 0 spiro atoms. The first-order chi connectivity index (χ1) is 8.50. The summed E-state index contributed by atoms with van der Waals surface area (Å²) < 4.78 is 5.11. The van der Waals surface area contributed by atoms with Crippen molar-refractivity contribution in [3.63, 3.8) is 0 Å². The predicted octanol–water partition coefficient (Wildman–Crippen LogP) is 1.46. The van der Waals surface area contributed by atoms with Gasteiger partial charge in [0.2, 0.25) is 5.91 Å². The highest BCUT2D eigenvalue weighted by Crippen LogP contribution is 2.51. The molecule has 0 bridgehead atoms. The van der Waals surface area contributed by atoms with Crippen LogP contribution < -0.4 is 0 Å². The smallest absolute Gasteiger partial charge is 0.226 e. The highest BCUT2D eigenvalue weighted by molar-refractivity contribution is 5.82. The molecular formula is C14H21NO3. The molecule has 1 saturated heterocycles. The van der Waals surface area contributed by atoms with E-state index in [9.17, 15) is 9.90 Å². The van der Waals surface area contributed by atoms with Gasteiger partial charge in [-0.05, 0) is 19.4 Å². The molecule has 2 aliphatic rings. The molecule has 2 rings (SSSR count). The summed E-state index contributed by atoms with van der Waals surface area (Å²) in [5.41, 5.74) is -1.72. The van der Waals surface area contributed by atoms with Crippen LogP contribution in [0.5, 0.6) is 0 Å². The average Bonchev–Trinajstić information content (AvgIpc) is 2.56. The Labute approximate surface area is 108 Å². The molecule has 1 aliphatic carbocycles. The van der Waals surface area contributed by atoms with Crippen LogP contribution in [-0.4, -0.2) is 41.4 Å². The number of ether oxygens (including phenoxy) is 1. The average molecular weight is 251 g/mol. The van der Waals surface area contributed by atoms with Gasteiger partial charge in [-0.2, -0.15) is 0 Å². The fourth-order valence-electron chi connectivity index (χ4n) is 3.17. The summed E-state index contributed by atoms with van der Waals surface area (Å²) in [6.07, 6.45) is 8.49. The third-order valence-electron chi connectivity index (χ3n) is 4.17. The third kappa shape index (κ3) is 1.63. The first-order valence-corrected chi connectivity index (χ1v) is 6.41. The Kier molecular flexibility index (Phi) is 3.34. The SMILES string of the molecule is CCC12C=CC=CC1(O)N(C(C)COC)C(=O)C2. The second-order valence-corrected chi connectivity index (χ2v) is 5.20. The topological polar surface area (TPSA) is 49.8 Å². The van der Waals surface area contributed by atoms with Gasteiger partial charge in [-0.1, -0.05) is 25.2 Å². The molecule has 4 heteroatoms. The standard InChI is InChI=1S/C14H21NO3/c1-4-13-7-5-6-8-14(13,17)15(12(16)9-13)11(2)10-18-3/h5-8,11,17H,4,9-10H2,1-3H3. The zero-order valence-corrected chi connectivity index (χ0v) is 11.2. The van der Waals surface area contributed by atoms with Crippen molar-refractivity contribution in [3.05, 3.63) is 24.3 Å². The van der Waals surface area contributed by atoms with Crippen LogP contribution in [-0.2, 0) is 9.53 Å². The summed E-state index contributed by atoms with van der Waals surface area (Å²) in [5, 5.41) is 11.0. The third-order valence-corrected chi connectivity index (χ3v) is 4.17. The molecule has 0 aromatic carbocycles. The van der Waals surface area contributed by atoms with E-state index in [-0.39, 0.29) is 11.9 Å².